The summed E-state index contributed by atoms with van der Waals surface area (Å²) in [5.74, 6) is 0.380. The van der Waals surface area contributed by atoms with Crippen LogP contribution in [0.15, 0.2) is 45.1 Å². The van der Waals surface area contributed by atoms with E-state index < -0.39 is 0 Å². The summed E-state index contributed by atoms with van der Waals surface area (Å²) in [7, 11) is 0. The summed E-state index contributed by atoms with van der Waals surface area (Å²) in [6.45, 7) is 3.96. The number of aliphatic hydroxyl groups excluding tert-OH is 1. The molecule has 1 saturated carbocycles. The standard InChI is InChI=1S/C24H26N2O5/c1-24(2)12-16(25-14-6-3-4-7-17(14)27)22(20(30)13-24)19(29)11-10-15-23-18(28)8-5-9-21(23)31-26-15/h3-4,6-7,27,29H,5,8-13H2,1-2H3/b22-19+,25-16?. The molecule has 2 N–H and O–H groups in total. The van der Waals surface area contributed by atoms with Gasteiger partial charge in [0.1, 0.15) is 23.0 Å². The molecule has 2 aliphatic rings. The highest BCUT2D eigenvalue weighted by molar-refractivity contribution is 6.25. The number of para-hydroxylation sites is 2. The maximum atomic E-state index is 12.9. The minimum Gasteiger partial charge on any atom is -0.511 e. The largest absolute Gasteiger partial charge is 0.511 e. The predicted octanol–water partition coefficient (Wildman–Crippen LogP) is 4.81. The fourth-order valence-electron chi connectivity index (χ4n) is 4.33. The van der Waals surface area contributed by atoms with E-state index in [1.54, 1.807) is 18.2 Å². The molecule has 0 aliphatic heterocycles. The number of allylic oxidation sites excluding steroid dienone is 2. The number of aliphatic hydroxyl groups is 1. The van der Waals surface area contributed by atoms with Gasteiger partial charge in [-0.3, -0.25) is 9.59 Å². The first-order valence-electron chi connectivity index (χ1n) is 10.6. The highest BCUT2D eigenvalue weighted by atomic mass is 16.5. The van der Waals surface area contributed by atoms with Gasteiger partial charge < -0.3 is 14.7 Å². The van der Waals surface area contributed by atoms with Crippen LogP contribution in [0.4, 0.5) is 5.69 Å². The second kappa shape index (κ2) is 8.13. The number of nitrogens with zero attached hydrogens (tertiary/aromatic N) is 2. The Morgan fingerprint density at radius 1 is 1.16 bits per heavy atom. The summed E-state index contributed by atoms with van der Waals surface area (Å²) >= 11 is 0. The molecule has 1 heterocycles. The van der Waals surface area contributed by atoms with Crippen molar-refractivity contribution in [2.75, 3.05) is 0 Å². The predicted molar refractivity (Wildman–Crippen MR) is 115 cm³/mol. The van der Waals surface area contributed by atoms with E-state index in [4.69, 9.17) is 4.52 Å². The first-order valence-corrected chi connectivity index (χ1v) is 10.6. The van der Waals surface area contributed by atoms with Gasteiger partial charge in [0.15, 0.2) is 11.6 Å². The van der Waals surface area contributed by atoms with Crippen LogP contribution in [-0.4, -0.2) is 32.6 Å². The summed E-state index contributed by atoms with van der Waals surface area (Å²) in [6, 6.07) is 6.64. The molecule has 0 atom stereocenters. The monoisotopic (exact) mass is 422 g/mol. The molecule has 2 aliphatic carbocycles. The molecule has 0 spiro atoms. The van der Waals surface area contributed by atoms with Crippen LogP contribution in [0, 0.1) is 5.41 Å². The van der Waals surface area contributed by atoms with Gasteiger partial charge in [0.25, 0.3) is 0 Å². The first kappa shape index (κ1) is 21.0. The lowest BCUT2D eigenvalue weighted by atomic mass is 9.73. The van der Waals surface area contributed by atoms with Crippen molar-refractivity contribution in [1.82, 2.24) is 5.16 Å². The van der Waals surface area contributed by atoms with Crippen molar-refractivity contribution in [2.45, 2.75) is 58.8 Å². The highest BCUT2D eigenvalue weighted by Crippen LogP contribution is 2.38. The molecule has 0 amide bonds. The molecular formula is C24H26N2O5. The quantitative estimate of drug-likeness (QED) is 0.540. The molecule has 0 bridgehead atoms. The lowest BCUT2D eigenvalue weighted by Gasteiger charge is -2.31. The zero-order chi connectivity index (χ0) is 22.2. The summed E-state index contributed by atoms with van der Waals surface area (Å²) in [6.07, 6.45) is 3.14. The zero-order valence-electron chi connectivity index (χ0n) is 17.8. The van der Waals surface area contributed by atoms with E-state index in [2.05, 4.69) is 10.1 Å². The van der Waals surface area contributed by atoms with Gasteiger partial charge in [-0.15, -0.1) is 0 Å². The molecule has 31 heavy (non-hydrogen) atoms. The number of Topliss-reactive ketones (excluding diaryl/α,β-unsaturated/α-hetero) is 2. The number of hydrogen-bond donors (Lipinski definition) is 2. The lowest BCUT2D eigenvalue weighted by molar-refractivity contribution is -0.117. The average Bonchev–Trinajstić information content (AvgIpc) is 3.11. The fourth-order valence-corrected chi connectivity index (χ4v) is 4.33. The Balaban J connectivity index is 1.66. The number of aliphatic imine (C=N–C) groups is 1. The van der Waals surface area contributed by atoms with Crippen molar-refractivity contribution in [3.63, 3.8) is 0 Å². The fraction of sp³-hybridized carbons (Fsp3) is 0.417. The van der Waals surface area contributed by atoms with E-state index in [0.717, 1.165) is 6.42 Å². The molecule has 0 radical (unpaired) electrons. The number of hydrogen-bond acceptors (Lipinski definition) is 7. The minimum absolute atomic E-state index is 0.0115. The molecule has 1 aromatic carbocycles. The van der Waals surface area contributed by atoms with Crippen molar-refractivity contribution in [3.8, 4) is 5.75 Å². The van der Waals surface area contributed by atoms with Gasteiger partial charge in [0.2, 0.25) is 0 Å². The molecule has 162 valence electrons. The third kappa shape index (κ3) is 4.31. The number of aromatic nitrogens is 1. The van der Waals surface area contributed by atoms with Crippen molar-refractivity contribution in [1.29, 1.82) is 0 Å². The third-order valence-corrected chi connectivity index (χ3v) is 5.80. The van der Waals surface area contributed by atoms with Crippen LogP contribution in [0.5, 0.6) is 5.75 Å². The van der Waals surface area contributed by atoms with E-state index >= 15 is 0 Å². The van der Waals surface area contributed by atoms with Crippen molar-refractivity contribution in [3.05, 3.63) is 52.6 Å². The van der Waals surface area contributed by atoms with E-state index in [0.29, 0.717) is 60.5 Å². The van der Waals surface area contributed by atoms with Crippen molar-refractivity contribution >= 4 is 23.0 Å². The maximum absolute atomic E-state index is 12.9. The summed E-state index contributed by atoms with van der Waals surface area (Å²) < 4.78 is 5.31. The third-order valence-electron chi connectivity index (χ3n) is 5.80. The molecule has 0 unspecified atom stereocenters. The van der Waals surface area contributed by atoms with Crippen LogP contribution in [0.3, 0.4) is 0 Å². The average molecular weight is 422 g/mol. The van der Waals surface area contributed by atoms with E-state index in [1.165, 1.54) is 6.07 Å². The normalized spacial score (nSPS) is 21.3. The smallest absolute Gasteiger partial charge is 0.168 e. The van der Waals surface area contributed by atoms with Gasteiger partial charge >= 0.3 is 0 Å². The summed E-state index contributed by atoms with van der Waals surface area (Å²) in [4.78, 5) is 29.7. The molecule has 1 fully saturated rings. The van der Waals surface area contributed by atoms with E-state index in [9.17, 15) is 19.8 Å². The number of carbonyl (C=O) groups is 2. The van der Waals surface area contributed by atoms with Crippen LogP contribution < -0.4 is 0 Å². The number of aromatic hydroxyl groups is 1. The Kier molecular flexibility index (Phi) is 5.52. The number of aryl methyl sites for hydroxylation is 2. The Morgan fingerprint density at radius 3 is 2.71 bits per heavy atom. The van der Waals surface area contributed by atoms with Crippen LogP contribution in [0.2, 0.25) is 0 Å². The van der Waals surface area contributed by atoms with Crippen LogP contribution in [0.1, 0.15) is 67.8 Å². The Bertz CT molecular complexity index is 1110. The van der Waals surface area contributed by atoms with Crippen molar-refractivity contribution in [2.24, 2.45) is 10.4 Å². The van der Waals surface area contributed by atoms with Gasteiger partial charge in [0.05, 0.1) is 22.5 Å². The number of carbonyl (C=O) groups excluding carboxylic acids is 2. The van der Waals surface area contributed by atoms with Crippen LogP contribution in [0.25, 0.3) is 0 Å². The van der Waals surface area contributed by atoms with Gasteiger partial charge in [-0.2, -0.15) is 0 Å². The number of phenols is 1. The van der Waals surface area contributed by atoms with E-state index in [1.807, 2.05) is 13.8 Å². The molecule has 7 nitrogen and oxygen atoms in total. The number of fused-ring (bicyclic) bond motifs is 1. The molecule has 1 aromatic heterocycles. The Labute approximate surface area is 180 Å². The second-order valence-corrected chi connectivity index (χ2v) is 9.01. The number of ketones is 2. The molecule has 2 aromatic rings. The zero-order valence-corrected chi connectivity index (χ0v) is 17.8. The number of benzene rings is 1. The van der Waals surface area contributed by atoms with Gasteiger partial charge in [-0.1, -0.05) is 31.1 Å². The van der Waals surface area contributed by atoms with Gasteiger partial charge in [-0.25, -0.2) is 4.99 Å². The van der Waals surface area contributed by atoms with Crippen LogP contribution in [-0.2, 0) is 17.6 Å². The molecular weight excluding hydrogens is 396 g/mol. The molecule has 7 heteroatoms. The topological polar surface area (TPSA) is 113 Å². The Hall–Kier alpha value is -3.22. The SMILES string of the molecule is CC1(C)CC(=O)/C(=C(/O)CCc2noc3c2C(=O)CCC3)C(=Nc2ccccc2O)C1. The van der Waals surface area contributed by atoms with E-state index in [-0.39, 0.29) is 40.5 Å². The van der Waals surface area contributed by atoms with Crippen molar-refractivity contribution < 1.29 is 24.3 Å². The Morgan fingerprint density at radius 2 is 1.94 bits per heavy atom. The second-order valence-electron chi connectivity index (χ2n) is 9.01. The number of rotatable bonds is 4. The minimum atomic E-state index is -0.304. The van der Waals surface area contributed by atoms with Crippen LogP contribution >= 0.6 is 0 Å². The lowest BCUT2D eigenvalue weighted by Crippen LogP contribution is -2.32. The van der Waals surface area contributed by atoms with Gasteiger partial charge in [0, 0.05) is 32.1 Å². The number of phenolic OH excluding ortho intramolecular Hbond substituents is 1. The van der Waals surface area contributed by atoms with Gasteiger partial charge in [-0.05, 0) is 30.4 Å². The highest BCUT2D eigenvalue weighted by Gasteiger charge is 2.36. The maximum Gasteiger partial charge on any atom is 0.168 e. The summed E-state index contributed by atoms with van der Waals surface area (Å²) in [5.41, 5.74) is 1.76. The molecule has 4 rings (SSSR count). The first-order chi connectivity index (χ1) is 14.7. The molecule has 0 saturated heterocycles. The summed E-state index contributed by atoms with van der Waals surface area (Å²) in [5, 5.41) is 25.0.